The maximum Gasteiger partial charge on any atom is 0.313 e. The summed E-state index contributed by atoms with van der Waals surface area (Å²) in [6.45, 7) is 0. The number of hydrogen-bond acceptors (Lipinski definition) is 3. The number of carboxylic acid groups (broad SMARTS) is 1. The van der Waals surface area contributed by atoms with Crippen molar-refractivity contribution in [1.82, 2.24) is 14.6 Å². The Bertz CT molecular complexity index is 800. The summed E-state index contributed by atoms with van der Waals surface area (Å²) in [7, 11) is 0. The Labute approximate surface area is 119 Å². The van der Waals surface area contributed by atoms with Gasteiger partial charge < -0.3 is 5.11 Å². The number of aliphatic carboxylic acids is 1. The van der Waals surface area contributed by atoms with Crippen molar-refractivity contribution in [2.75, 3.05) is 0 Å². The summed E-state index contributed by atoms with van der Waals surface area (Å²) in [5, 5.41) is 13.6. The first-order valence-electron chi connectivity index (χ1n) is 6.40. The van der Waals surface area contributed by atoms with Crippen LogP contribution in [-0.2, 0) is 11.2 Å². The Hall–Kier alpha value is -2.76. The number of carboxylic acids is 1. The van der Waals surface area contributed by atoms with E-state index in [1.807, 2.05) is 0 Å². The molecular weight excluding hydrogens is 273 g/mol. The highest BCUT2D eigenvalue weighted by Crippen LogP contribution is 2.23. The molecule has 0 aliphatic heterocycles. The van der Waals surface area contributed by atoms with Gasteiger partial charge >= 0.3 is 5.97 Å². The molecule has 1 aromatic carbocycles. The van der Waals surface area contributed by atoms with Crippen LogP contribution in [0.25, 0.3) is 5.52 Å². The van der Waals surface area contributed by atoms with Crippen LogP contribution in [0.3, 0.4) is 0 Å². The summed E-state index contributed by atoms with van der Waals surface area (Å²) in [6, 6.07) is 7.65. The Morgan fingerprint density at radius 3 is 2.95 bits per heavy atom. The Morgan fingerprint density at radius 2 is 2.19 bits per heavy atom. The van der Waals surface area contributed by atoms with Crippen LogP contribution in [0.4, 0.5) is 4.39 Å². The molecule has 0 bridgehead atoms. The van der Waals surface area contributed by atoms with E-state index in [0.29, 0.717) is 16.8 Å². The van der Waals surface area contributed by atoms with Crippen molar-refractivity contribution >= 4 is 11.5 Å². The van der Waals surface area contributed by atoms with E-state index in [0.717, 1.165) is 0 Å². The quantitative estimate of drug-likeness (QED) is 0.798. The minimum Gasteiger partial charge on any atom is -0.481 e. The van der Waals surface area contributed by atoms with Crippen molar-refractivity contribution in [1.29, 1.82) is 0 Å². The van der Waals surface area contributed by atoms with Crippen LogP contribution in [0.2, 0.25) is 0 Å². The molecule has 0 saturated heterocycles. The Kier molecular flexibility index (Phi) is 3.35. The van der Waals surface area contributed by atoms with Gasteiger partial charge in [0.2, 0.25) is 0 Å². The molecule has 1 atom stereocenters. The zero-order valence-electron chi connectivity index (χ0n) is 11.0. The summed E-state index contributed by atoms with van der Waals surface area (Å²) < 4.78 is 14.8. The number of halogens is 1. The second-order valence-electron chi connectivity index (χ2n) is 4.70. The van der Waals surface area contributed by atoms with E-state index in [4.69, 9.17) is 0 Å². The number of aromatic nitrogens is 3. The van der Waals surface area contributed by atoms with E-state index < -0.39 is 11.9 Å². The minimum absolute atomic E-state index is 0.172. The van der Waals surface area contributed by atoms with Gasteiger partial charge in [-0.05, 0) is 30.2 Å². The first-order valence-corrected chi connectivity index (χ1v) is 6.40. The van der Waals surface area contributed by atoms with Gasteiger partial charge in [0.05, 0.1) is 17.4 Å². The third-order valence-corrected chi connectivity index (χ3v) is 3.31. The molecule has 0 fully saturated rings. The molecule has 0 spiro atoms. The third-order valence-electron chi connectivity index (χ3n) is 3.31. The average molecular weight is 285 g/mol. The van der Waals surface area contributed by atoms with Crippen LogP contribution in [0.5, 0.6) is 0 Å². The predicted molar refractivity (Wildman–Crippen MR) is 73.5 cm³/mol. The molecule has 5 nitrogen and oxygen atoms in total. The minimum atomic E-state index is -0.999. The van der Waals surface area contributed by atoms with Crippen LogP contribution < -0.4 is 0 Å². The highest BCUT2D eigenvalue weighted by Gasteiger charge is 2.24. The molecule has 0 aliphatic rings. The summed E-state index contributed by atoms with van der Waals surface area (Å²) in [5.74, 6) is -2.24. The second kappa shape index (κ2) is 5.32. The van der Waals surface area contributed by atoms with E-state index in [9.17, 15) is 14.3 Å². The lowest BCUT2D eigenvalue weighted by molar-refractivity contribution is -0.138. The molecule has 2 aromatic heterocycles. The molecule has 106 valence electrons. The second-order valence-corrected chi connectivity index (χ2v) is 4.70. The molecule has 0 aliphatic carbocycles. The van der Waals surface area contributed by atoms with Gasteiger partial charge in [-0.2, -0.15) is 5.10 Å². The van der Waals surface area contributed by atoms with Crippen molar-refractivity contribution in [3.8, 4) is 0 Å². The summed E-state index contributed by atoms with van der Waals surface area (Å²) >= 11 is 0. The molecule has 1 N–H and O–H groups in total. The van der Waals surface area contributed by atoms with Gasteiger partial charge in [0.15, 0.2) is 0 Å². The monoisotopic (exact) mass is 285 g/mol. The van der Waals surface area contributed by atoms with Crippen molar-refractivity contribution in [2.24, 2.45) is 0 Å². The predicted octanol–water partition coefficient (Wildman–Crippen LogP) is 2.28. The van der Waals surface area contributed by atoms with Crippen LogP contribution >= 0.6 is 0 Å². The molecule has 3 aromatic rings. The lowest BCUT2D eigenvalue weighted by Crippen LogP contribution is -2.17. The highest BCUT2D eigenvalue weighted by molar-refractivity contribution is 5.79. The van der Waals surface area contributed by atoms with Crippen molar-refractivity contribution in [2.45, 2.75) is 12.3 Å². The van der Waals surface area contributed by atoms with Crippen molar-refractivity contribution in [3.63, 3.8) is 0 Å². The molecule has 6 heteroatoms. The number of benzene rings is 1. The third kappa shape index (κ3) is 2.60. The average Bonchev–Trinajstić information content (AvgIpc) is 2.93. The number of rotatable bonds is 4. The number of fused-ring (bicyclic) bond motifs is 1. The van der Waals surface area contributed by atoms with Crippen LogP contribution in [-0.4, -0.2) is 25.7 Å². The Balaban J connectivity index is 2.02. The van der Waals surface area contributed by atoms with Gasteiger partial charge in [0.1, 0.15) is 11.7 Å². The van der Waals surface area contributed by atoms with E-state index in [2.05, 4.69) is 10.1 Å². The molecule has 1 unspecified atom stereocenters. The normalized spacial score (nSPS) is 12.4. The summed E-state index contributed by atoms with van der Waals surface area (Å²) in [5.41, 5.74) is 1.68. The van der Waals surface area contributed by atoms with Crippen LogP contribution in [0.1, 0.15) is 17.2 Å². The fourth-order valence-corrected chi connectivity index (χ4v) is 2.35. The van der Waals surface area contributed by atoms with E-state index in [1.165, 1.54) is 18.3 Å². The van der Waals surface area contributed by atoms with Crippen molar-refractivity contribution in [3.05, 3.63) is 66.0 Å². The van der Waals surface area contributed by atoms with E-state index >= 15 is 0 Å². The van der Waals surface area contributed by atoms with Gasteiger partial charge in [-0.25, -0.2) is 8.91 Å². The molecule has 2 heterocycles. The lowest BCUT2D eigenvalue weighted by atomic mass is 9.95. The molecule has 0 saturated carbocycles. The smallest absolute Gasteiger partial charge is 0.313 e. The van der Waals surface area contributed by atoms with Gasteiger partial charge in [-0.15, -0.1) is 0 Å². The van der Waals surface area contributed by atoms with Crippen LogP contribution in [0.15, 0.2) is 48.9 Å². The maximum absolute atomic E-state index is 13.2. The number of hydrogen-bond donors (Lipinski definition) is 1. The fourth-order valence-electron chi connectivity index (χ4n) is 2.35. The maximum atomic E-state index is 13.2. The topological polar surface area (TPSA) is 67.5 Å². The number of carbonyl (C=O) groups is 1. The first kappa shape index (κ1) is 13.2. The van der Waals surface area contributed by atoms with Gasteiger partial charge in [-0.1, -0.05) is 12.1 Å². The standard InChI is InChI=1S/C15H12FN3O2/c16-11-3-1-2-10(8-11)9-12(15(20)21)14-13-4-5-18-19(13)7-6-17-14/h1-8,12H,9H2,(H,20,21). The molecular formula is C15H12FN3O2. The summed E-state index contributed by atoms with van der Waals surface area (Å²) in [6.07, 6.45) is 4.92. The Morgan fingerprint density at radius 1 is 1.33 bits per heavy atom. The zero-order chi connectivity index (χ0) is 14.8. The SMILES string of the molecule is O=C(O)C(Cc1cccc(F)c1)c1nccn2nccc12. The zero-order valence-corrected chi connectivity index (χ0v) is 11.0. The van der Waals surface area contributed by atoms with Gasteiger partial charge in [0, 0.05) is 12.4 Å². The highest BCUT2D eigenvalue weighted by atomic mass is 19.1. The number of nitrogens with zero attached hydrogens (tertiary/aromatic N) is 3. The van der Waals surface area contributed by atoms with Gasteiger partial charge in [-0.3, -0.25) is 9.78 Å². The molecule has 21 heavy (non-hydrogen) atoms. The molecule has 0 amide bonds. The van der Waals surface area contributed by atoms with Gasteiger partial charge in [0.25, 0.3) is 0 Å². The summed E-state index contributed by atoms with van der Waals surface area (Å²) in [4.78, 5) is 15.8. The van der Waals surface area contributed by atoms with Crippen LogP contribution in [0, 0.1) is 5.82 Å². The fraction of sp³-hybridized carbons (Fsp3) is 0.133. The molecule has 3 rings (SSSR count). The largest absolute Gasteiger partial charge is 0.481 e. The molecule has 0 radical (unpaired) electrons. The lowest BCUT2D eigenvalue weighted by Gasteiger charge is -2.13. The first-order chi connectivity index (χ1) is 10.1. The van der Waals surface area contributed by atoms with Crippen molar-refractivity contribution < 1.29 is 14.3 Å². The van der Waals surface area contributed by atoms with E-state index in [-0.39, 0.29) is 12.2 Å². The van der Waals surface area contributed by atoms with E-state index in [1.54, 1.807) is 35.1 Å².